The topological polar surface area (TPSA) is 214 Å². The summed E-state index contributed by atoms with van der Waals surface area (Å²) in [5, 5.41) is 7.96. The first kappa shape index (κ1) is 35.4. The molecule has 0 aliphatic carbocycles. The van der Waals surface area contributed by atoms with Crippen LogP contribution in [0.4, 0.5) is 0 Å². The van der Waals surface area contributed by atoms with E-state index in [0.717, 1.165) is 5.56 Å². The zero-order chi connectivity index (χ0) is 31.5. The van der Waals surface area contributed by atoms with Crippen molar-refractivity contribution < 1.29 is 38.2 Å². The Balaban J connectivity index is 3.11. The predicted octanol–water partition coefficient (Wildman–Crippen LogP) is -0.162. The maximum atomic E-state index is 13.4. The number of nitrogens with two attached hydrogens (primary N) is 2. The predicted molar refractivity (Wildman–Crippen MR) is 155 cm³/mol. The van der Waals surface area contributed by atoms with Crippen molar-refractivity contribution in [3.63, 3.8) is 0 Å². The molecule has 1 rings (SSSR count). The highest BCUT2D eigenvalue weighted by molar-refractivity contribution is 5.92. The van der Waals surface area contributed by atoms with E-state index in [1.165, 1.54) is 21.1 Å². The monoisotopic (exact) mass is 590 g/mol. The number of methoxy groups -OCH3 is 2. The Morgan fingerprint density at radius 2 is 1.50 bits per heavy atom. The van der Waals surface area contributed by atoms with Crippen LogP contribution in [-0.2, 0) is 39.9 Å². The summed E-state index contributed by atoms with van der Waals surface area (Å²) in [7, 11) is 2.37. The lowest BCUT2D eigenvalue weighted by molar-refractivity contribution is -0.144. The number of guanidine groups is 1. The number of aliphatic imine (C=N–C) groups is 1. The average Bonchev–Trinajstić information content (AvgIpc) is 2.94. The molecule has 2 atom stereocenters. The van der Waals surface area contributed by atoms with E-state index < -0.39 is 47.8 Å². The maximum absolute atomic E-state index is 13.4. The first-order valence-electron chi connectivity index (χ1n) is 13.4. The first-order chi connectivity index (χ1) is 20.0. The summed E-state index contributed by atoms with van der Waals surface area (Å²) in [4.78, 5) is 66.3. The minimum Gasteiger partial charge on any atom is -0.490 e. The van der Waals surface area contributed by atoms with Crippen LogP contribution in [0, 0.1) is 0 Å². The van der Waals surface area contributed by atoms with E-state index in [9.17, 15) is 24.0 Å². The maximum Gasteiger partial charge on any atom is 0.307 e. The van der Waals surface area contributed by atoms with Crippen LogP contribution in [0.25, 0.3) is 0 Å². The largest absolute Gasteiger partial charge is 0.490 e. The van der Waals surface area contributed by atoms with Gasteiger partial charge in [-0.25, -0.2) is 0 Å². The van der Waals surface area contributed by atoms with Gasteiger partial charge >= 0.3 is 11.9 Å². The molecule has 1 aromatic carbocycles. The summed E-state index contributed by atoms with van der Waals surface area (Å²) in [5.41, 5.74) is 11.5. The summed E-state index contributed by atoms with van der Waals surface area (Å²) in [5.74, 6) is -2.40. The number of hydrogen-bond donors (Lipinski definition) is 5. The van der Waals surface area contributed by atoms with Crippen molar-refractivity contribution in [3.8, 4) is 5.75 Å². The lowest BCUT2D eigenvalue weighted by Crippen LogP contribution is -2.55. The molecule has 7 N–H and O–H groups in total. The quantitative estimate of drug-likeness (QED) is 0.0472. The zero-order valence-corrected chi connectivity index (χ0v) is 24.4. The van der Waals surface area contributed by atoms with Crippen molar-refractivity contribution >= 4 is 35.6 Å². The van der Waals surface area contributed by atoms with Gasteiger partial charge in [0.25, 0.3) is 0 Å². The lowest BCUT2D eigenvalue weighted by Gasteiger charge is -2.25. The fourth-order valence-electron chi connectivity index (χ4n) is 3.82. The number of rotatable bonds is 19. The summed E-state index contributed by atoms with van der Waals surface area (Å²) in [6, 6.07) is 3.98. The Hall–Kier alpha value is -4.62. The van der Waals surface area contributed by atoms with Gasteiger partial charge in [-0.05, 0) is 37.0 Å². The van der Waals surface area contributed by atoms with Crippen molar-refractivity contribution in [1.29, 1.82) is 0 Å². The molecule has 0 unspecified atom stereocenters. The van der Waals surface area contributed by atoms with Crippen LogP contribution >= 0.6 is 0 Å². The van der Waals surface area contributed by atoms with Crippen molar-refractivity contribution in [2.75, 3.05) is 27.4 Å². The number of carbonyl (C=O) groups is 5. The summed E-state index contributed by atoms with van der Waals surface area (Å²) >= 11 is 0. The van der Waals surface area contributed by atoms with Crippen LogP contribution in [0.5, 0.6) is 5.75 Å². The third kappa shape index (κ3) is 14.7. The molecule has 0 spiro atoms. The molecule has 0 saturated heterocycles. The zero-order valence-electron chi connectivity index (χ0n) is 24.4. The average molecular weight is 591 g/mol. The molecule has 3 amide bonds. The number of ether oxygens (including phenoxy) is 3. The number of nitrogens with one attached hydrogen (secondary N) is 3. The number of carbonyl (C=O) groups excluding carboxylic acids is 5. The summed E-state index contributed by atoms with van der Waals surface area (Å²) in [6.45, 7) is 5.54. The molecular weight excluding hydrogens is 548 g/mol. The number of amides is 3. The van der Waals surface area contributed by atoms with Gasteiger partial charge in [-0.15, -0.1) is 0 Å². The van der Waals surface area contributed by atoms with Crippen LogP contribution in [0.3, 0.4) is 0 Å². The van der Waals surface area contributed by atoms with E-state index >= 15 is 0 Å². The van der Waals surface area contributed by atoms with E-state index in [4.69, 9.17) is 16.2 Å². The van der Waals surface area contributed by atoms with Crippen LogP contribution in [0.2, 0.25) is 0 Å². The Kier molecular flexibility index (Phi) is 16.4. The van der Waals surface area contributed by atoms with E-state index in [2.05, 4.69) is 37.0 Å². The summed E-state index contributed by atoms with van der Waals surface area (Å²) in [6.07, 6.45) is 2.33. The molecule has 0 saturated carbocycles. The van der Waals surface area contributed by atoms with Crippen LogP contribution in [-0.4, -0.2) is 81.1 Å². The molecule has 14 nitrogen and oxygen atoms in total. The van der Waals surface area contributed by atoms with Gasteiger partial charge in [0.1, 0.15) is 24.4 Å². The van der Waals surface area contributed by atoms with Gasteiger partial charge < -0.3 is 41.6 Å². The number of nitrogens with zero attached hydrogens (tertiary/aromatic N) is 1. The fourth-order valence-corrected chi connectivity index (χ4v) is 3.82. The minimum atomic E-state index is -1.07. The molecule has 0 heterocycles. The molecule has 42 heavy (non-hydrogen) atoms. The number of unbranched alkanes of at least 4 members (excludes halogenated alkanes) is 1. The molecule has 14 heteroatoms. The van der Waals surface area contributed by atoms with Crippen molar-refractivity contribution in [2.45, 2.75) is 63.6 Å². The lowest BCUT2D eigenvalue weighted by atomic mass is 10.0. The van der Waals surface area contributed by atoms with Gasteiger partial charge in [-0.2, -0.15) is 0 Å². The second-order valence-corrected chi connectivity index (χ2v) is 9.33. The van der Waals surface area contributed by atoms with E-state index in [1.807, 2.05) is 0 Å². The molecule has 232 valence electrons. The molecular formula is C28H42N6O8. The SMILES string of the molecule is C=CCOc1ccc(C[C@H](NC(C)=O)C(=O)N[C@@H](CCCCN=C(N)N)C(=O)NC(CC(=O)OC)CC(=O)OC)cc1. The standard InChI is InChI=1S/C28H42N6O8/c1-5-14-42-21-11-9-19(10-12-21)15-23(32-18(2)35)27(39)34-22(8-6-7-13-31-28(29)30)26(38)33-20(16-24(36)40-3)17-25(37)41-4/h5,9-12,20,22-23H,1,6-8,13-17H2,2-4H3,(H,32,35)(H,33,38)(H,34,39)(H4,29,30,31)/t22-,23-/m0/s1. The number of esters is 2. The molecule has 0 aromatic heterocycles. The minimum absolute atomic E-state index is 0.0653. The van der Waals surface area contributed by atoms with Gasteiger partial charge in [0.2, 0.25) is 17.7 Å². The third-order valence-corrected chi connectivity index (χ3v) is 5.88. The Labute approximate surface area is 245 Å². The van der Waals surface area contributed by atoms with Gasteiger partial charge in [-0.3, -0.25) is 29.0 Å². The Bertz CT molecular complexity index is 1070. The molecule has 0 aliphatic rings. The van der Waals surface area contributed by atoms with Gasteiger partial charge in [-0.1, -0.05) is 24.8 Å². The van der Waals surface area contributed by atoms with Crippen LogP contribution < -0.4 is 32.2 Å². The second kappa shape index (κ2) is 19.5. The van der Waals surface area contributed by atoms with E-state index in [1.54, 1.807) is 30.3 Å². The van der Waals surface area contributed by atoms with Gasteiger partial charge in [0.15, 0.2) is 5.96 Å². The number of benzene rings is 1. The van der Waals surface area contributed by atoms with Crippen LogP contribution in [0.1, 0.15) is 44.6 Å². The smallest absolute Gasteiger partial charge is 0.307 e. The molecule has 1 aromatic rings. The highest BCUT2D eigenvalue weighted by Gasteiger charge is 2.29. The molecule has 0 bridgehead atoms. The van der Waals surface area contributed by atoms with E-state index in [0.29, 0.717) is 31.7 Å². The summed E-state index contributed by atoms with van der Waals surface area (Å²) < 4.78 is 14.8. The fraction of sp³-hybridized carbons (Fsp3) is 0.500. The molecule has 0 fully saturated rings. The highest BCUT2D eigenvalue weighted by Crippen LogP contribution is 2.14. The number of hydrogen-bond acceptors (Lipinski definition) is 9. The Morgan fingerprint density at radius 1 is 0.905 bits per heavy atom. The van der Waals surface area contributed by atoms with Gasteiger partial charge in [0.05, 0.1) is 27.1 Å². The van der Waals surface area contributed by atoms with Crippen LogP contribution in [0.15, 0.2) is 41.9 Å². The Morgan fingerprint density at radius 3 is 2.02 bits per heavy atom. The van der Waals surface area contributed by atoms with Crippen molar-refractivity contribution in [3.05, 3.63) is 42.5 Å². The first-order valence-corrected chi connectivity index (χ1v) is 13.4. The normalized spacial score (nSPS) is 11.8. The van der Waals surface area contributed by atoms with Gasteiger partial charge in [0, 0.05) is 25.9 Å². The molecule has 0 radical (unpaired) electrons. The third-order valence-electron chi connectivity index (χ3n) is 5.88. The molecule has 0 aliphatic heterocycles. The second-order valence-electron chi connectivity index (χ2n) is 9.33. The van der Waals surface area contributed by atoms with E-state index in [-0.39, 0.29) is 31.6 Å². The van der Waals surface area contributed by atoms with Crippen molar-refractivity contribution in [2.24, 2.45) is 16.5 Å². The van der Waals surface area contributed by atoms with Crippen molar-refractivity contribution in [1.82, 2.24) is 16.0 Å². The highest BCUT2D eigenvalue weighted by atomic mass is 16.5.